The van der Waals surface area contributed by atoms with E-state index in [-0.39, 0.29) is 18.0 Å². The highest BCUT2D eigenvalue weighted by Crippen LogP contribution is 2.25. The quantitative estimate of drug-likeness (QED) is 0.892. The van der Waals surface area contributed by atoms with Gasteiger partial charge in [0.05, 0.1) is 11.8 Å². The van der Waals surface area contributed by atoms with Crippen molar-refractivity contribution >= 4 is 26.7 Å². The summed E-state index contributed by atoms with van der Waals surface area (Å²) < 4.78 is 25.0. The largest absolute Gasteiger partial charge is 0.349 e. The lowest BCUT2D eigenvalue weighted by Gasteiger charge is -2.35. The number of sulfonamides is 1. The van der Waals surface area contributed by atoms with Crippen LogP contribution in [-0.4, -0.2) is 32.7 Å². The summed E-state index contributed by atoms with van der Waals surface area (Å²) in [6.45, 7) is 3.96. The molecule has 0 heterocycles. The molecule has 2 aromatic carbocycles. The lowest BCUT2D eigenvalue weighted by atomic mass is 9.87. The van der Waals surface area contributed by atoms with E-state index in [1.807, 2.05) is 38.1 Å². The van der Waals surface area contributed by atoms with E-state index < -0.39 is 10.0 Å². The van der Waals surface area contributed by atoms with Crippen LogP contribution in [0.3, 0.4) is 0 Å². The van der Waals surface area contributed by atoms with Crippen molar-refractivity contribution in [2.24, 2.45) is 0 Å². The van der Waals surface area contributed by atoms with Gasteiger partial charge in [-0.25, -0.2) is 13.1 Å². The molecule has 0 spiro atoms. The van der Waals surface area contributed by atoms with Crippen LogP contribution in [0, 0.1) is 13.8 Å². The van der Waals surface area contributed by atoms with Crippen LogP contribution in [0.1, 0.15) is 34.3 Å². The van der Waals surface area contributed by atoms with E-state index in [2.05, 4.69) is 16.1 Å². The third kappa shape index (κ3) is 3.60. The van der Waals surface area contributed by atoms with Gasteiger partial charge in [0.2, 0.25) is 10.0 Å². The Morgan fingerprint density at radius 3 is 2.46 bits per heavy atom. The third-order valence-corrected chi connectivity index (χ3v) is 5.23. The summed E-state index contributed by atoms with van der Waals surface area (Å²) in [6.07, 6.45) is 2.41. The molecular formula is C18H22N2O3S. The minimum Gasteiger partial charge on any atom is -0.349 e. The van der Waals surface area contributed by atoms with Crippen molar-refractivity contribution in [1.82, 2.24) is 10.0 Å². The van der Waals surface area contributed by atoms with Crippen LogP contribution >= 0.6 is 0 Å². The molecule has 1 fully saturated rings. The summed E-state index contributed by atoms with van der Waals surface area (Å²) in [6, 6.07) is 9.99. The first kappa shape index (κ1) is 16.9. The molecule has 24 heavy (non-hydrogen) atoms. The Kier molecular flexibility index (Phi) is 4.36. The van der Waals surface area contributed by atoms with Crippen molar-refractivity contribution in [2.45, 2.75) is 38.8 Å². The minimum atomic E-state index is -3.19. The van der Waals surface area contributed by atoms with Crippen molar-refractivity contribution in [3.05, 3.63) is 47.0 Å². The van der Waals surface area contributed by atoms with E-state index >= 15 is 0 Å². The second-order valence-electron chi connectivity index (χ2n) is 6.71. The molecule has 0 atom stereocenters. The normalized spacial score (nSPS) is 20.6. The maximum absolute atomic E-state index is 12.7. The molecular weight excluding hydrogens is 324 g/mol. The zero-order valence-corrected chi connectivity index (χ0v) is 14.9. The number of aryl methyl sites for hydroxylation is 2. The molecule has 6 heteroatoms. The first-order chi connectivity index (χ1) is 11.2. The van der Waals surface area contributed by atoms with Crippen molar-refractivity contribution in [3.63, 3.8) is 0 Å². The summed E-state index contributed by atoms with van der Waals surface area (Å²) in [5.41, 5.74) is 2.80. The maximum Gasteiger partial charge on any atom is 0.252 e. The second-order valence-corrected chi connectivity index (χ2v) is 8.49. The van der Waals surface area contributed by atoms with Crippen molar-refractivity contribution in [1.29, 1.82) is 0 Å². The number of carbonyl (C=O) groups is 1. The number of amides is 1. The Balaban J connectivity index is 1.75. The van der Waals surface area contributed by atoms with Gasteiger partial charge in [-0.15, -0.1) is 0 Å². The number of hydrogen-bond acceptors (Lipinski definition) is 3. The summed E-state index contributed by atoms with van der Waals surface area (Å²) in [4.78, 5) is 12.7. The van der Waals surface area contributed by atoms with E-state index in [9.17, 15) is 13.2 Å². The summed E-state index contributed by atoms with van der Waals surface area (Å²) >= 11 is 0. The predicted molar refractivity (Wildman–Crippen MR) is 95.7 cm³/mol. The molecule has 2 aromatic rings. The van der Waals surface area contributed by atoms with Gasteiger partial charge in [0.25, 0.3) is 5.91 Å². The monoisotopic (exact) mass is 346 g/mol. The summed E-state index contributed by atoms with van der Waals surface area (Å²) in [5, 5.41) is 5.02. The van der Waals surface area contributed by atoms with Gasteiger partial charge >= 0.3 is 0 Å². The predicted octanol–water partition coefficient (Wildman–Crippen LogP) is 2.27. The SMILES string of the molecule is Cc1ccc2c(C(=O)NC3CC(NS(C)(=O)=O)C3)c(C)ccc2c1. The molecule has 1 amide bonds. The number of rotatable bonds is 4. The minimum absolute atomic E-state index is 0.0110. The Hall–Kier alpha value is -1.92. The molecule has 1 aliphatic carbocycles. The Morgan fingerprint density at radius 1 is 1.08 bits per heavy atom. The molecule has 0 saturated heterocycles. The fourth-order valence-corrected chi connectivity index (χ4v) is 4.05. The molecule has 0 aliphatic heterocycles. The number of carbonyl (C=O) groups excluding carboxylic acids is 1. The van der Waals surface area contributed by atoms with Gasteiger partial charge in [0.15, 0.2) is 0 Å². The number of nitrogens with one attached hydrogen (secondary N) is 2. The standard InChI is InChI=1S/C18H22N2O3S/c1-11-4-7-16-13(8-11)6-5-12(2)17(16)18(21)19-14-9-15(10-14)20-24(3,22)23/h4-8,14-15,20H,9-10H2,1-3H3,(H,19,21). The molecule has 3 rings (SSSR count). The van der Waals surface area contributed by atoms with Gasteiger partial charge in [0, 0.05) is 12.1 Å². The first-order valence-electron chi connectivity index (χ1n) is 8.01. The lowest BCUT2D eigenvalue weighted by molar-refractivity contribution is 0.0909. The Morgan fingerprint density at radius 2 is 1.79 bits per heavy atom. The number of fused-ring (bicyclic) bond motifs is 1. The van der Waals surface area contributed by atoms with Gasteiger partial charge < -0.3 is 5.32 Å². The highest BCUT2D eigenvalue weighted by Gasteiger charge is 2.32. The van der Waals surface area contributed by atoms with E-state index in [1.165, 1.54) is 0 Å². The van der Waals surface area contributed by atoms with Crippen molar-refractivity contribution < 1.29 is 13.2 Å². The van der Waals surface area contributed by atoms with Crippen molar-refractivity contribution in [2.75, 3.05) is 6.26 Å². The van der Waals surface area contributed by atoms with Gasteiger partial charge in [-0.05, 0) is 43.0 Å². The summed E-state index contributed by atoms with van der Waals surface area (Å²) in [7, 11) is -3.19. The molecule has 5 nitrogen and oxygen atoms in total. The fourth-order valence-electron chi connectivity index (χ4n) is 3.25. The van der Waals surface area contributed by atoms with Crippen LogP contribution in [-0.2, 0) is 10.0 Å². The lowest BCUT2D eigenvalue weighted by Crippen LogP contribution is -2.53. The molecule has 0 radical (unpaired) electrons. The highest BCUT2D eigenvalue weighted by atomic mass is 32.2. The average Bonchev–Trinajstić information content (AvgIpc) is 2.43. The molecule has 128 valence electrons. The average molecular weight is 346 g/mol. The molecule has 2 N–H and O–H groups in total. The second kappa shape index (κ2) is 6.18. The van der Waals surface area contributed by atoms with E-state index in [4.69, 9.17) is 0 Å². The van der Waals surface area contributed by atoms with Crippen molar-refractivity contribution in [3.8, 4) is 0 Å². The van der Waals surface area contributed by atoms with Crippen LogP contribution in [0.2, 0.25) is 0 Å². The van der Waals surface area contributed by atoms with Crippen LogP contribution < -0.4 is 10.0 Å². The van der Waals surface area contributed by atoms with Crippen LogP contribution in [0.25, 0.3) is 10.8 Å². The third-order valence-electron chi connectivity index (χ3n) is 4.46. The highest BCUT2D eigenvalue weighted by molar-refractivity contribution is 7.88. The van der Waals surface area contributed by atoms with Crippen LogP contribution in [0.5, 0.6) is 0 Å². The first-order valence-corrected chi connectivity index (χ1v) is 9.90. The smallest absolute Gasteiger partial charge is 0.252 e. The zero-order chi connectivity index (χ0) is 17.5. The molecule has 0 bridgehead atoms. The molecule has 0 unspecified atom stereocenters. The van der Waals surface area contributed by atoms with Crippen LogP contribution in [0.15, 0.2) is 30.3 Å². The maximum atomic E-state index is 12.7. The topological polar surface area (TPSA) is 75.3 Å². The van der Waals surface area contributed by atoms with Gasteiger partial charge in [0.1, 0.15) is 0 Å². The summed E-state index contributed by atoms with van der Waals surface area (Å²) in [5.74, 6) is -0.0928. The Bertz CT molecular complexity index is 900. The van der Waals surface area contributed by atoms with Gasteiger partial charge in [-0.3, -0.25) is 4.79 Å². The number of benzene rings is 2. The molecule has 1 saturated carbocycles. The Labute approximate surface area is 142 Å². The van der Waals surface area contributed by atoms with Gasteiger partial charge in [-0.1, -0.05) is 35.9 Å². The van der Waals surface area contributed by atoms with E-state index in [0.29, 0.717) is 18.4 Å². The van der Waals surface area contributed by atoms with E-state index in [1.54, 1.807) is 0 Å². The van der Waals surface area contributed by atoms with Gasteiger partial charge in [-0.2, -0.15) is 0 Å². The fraction of sp³-hybridized carbons (Fsp3) is 0.389. The number of hydrogen-bond donors (Lipinski definition) is 2. The van der Waals surface area contributed by atoms with E-state index in [0.717, 1.165) is 28.2 Å². The molecule has 0 aromatic heterocycles. The van der Waals surface area contributed by atoms with Crippen LogP contribution in [0.4, 0.5) is 0 Å². The molecule has 1 aliphatic rings. The zero-order valence-electron chi connectivity index (χ0n) is 14.1.